The topological polar surface area (TPSA) is 26.7 Å². The minimum absolute atomic E-state index is 0.00629. The summed E-state index contributed by atoms with van der Waals surface area (Å²) in [4.78, 5) is 4.83. The number of hydrogen-bond donors (Lipinski definition) is 1. The summed E-state index contributed by atoms with van der Waals surface area (Å²) in [5, 5.41) is 8.71. The van der Waals surface area contributed by atoms with Gasteiger partial charge in [0.15, 0.2) is 0 Å². The standard InChI is InChI=1S/C26H26F2N2.C22H46O/c27-24-12-8-22(9-13-24)26(23-10-14-25(28)15-11-23)30-19-17-29(18-20-30)16-4-7-21-5-2-1-3-6-21;1-2-3-4-5-6-7-8-9-10-11-12-13-14-15-16-17-18-19-20-21-22-23/h1-15,26H,16-20H2;23H,2-22H2,1H3/b7-4+;. The zero-order valence-corrected chi connectivity index (χ0v) is 33.2. The van der Waals surface area contributed by atoms with E-state index < -0.39 is 0 Å². The number of rotatable bonds is 26. The van der Waals surface area contributed by atoms with Gasteiger partial charge in [-0.3, -0.25) is 9.80 Å². The van der Waals surface area contributed by atoms with Crippen LogP contribution >= 0.6 is 0 Å². The average molecular weight is 731 g/mol. The summed E-state index contributed by atoms with van der Waals surface area (Å²) in [5.41, 5.74) is 3.27. The summed E-state index contributed by atoms with van der Waals surface area (Å²) in [5.74, 6) is -0.488. The van der Waals surface area contributed by atoms with Crippen molar-refractivity contribution in [3.8, 4) is 0 Å². The number of nitrogens with zero attached hydrogens (tertiary/aromatic N) is 2. The number of aliphatic hydroxyl groups is 1. The molecule has 0 amide bonds. The van der Waals surface area contributed by atoms with Gasteiger partial charge in [0.25, 0.3) is 0 Å². The molecule has 0 atom stereocenters. The van der Waals surface area contributed by atoms with Gasteiger partial charge in [0.05, 0.1) is 6.04 Å². The van der Waals surface area contributed by atoms with Gasteiger partial charge < -0.3 is 5.11 Å². The second kappa shape index (κ2) is 29.5. The Bertz CT molecular complexity index is 1220. The molecule has 0 aromatic heterocycles. The predicted octanol–water partition coefficient (Wildman–Crippen LogP) is 13.2. The van der Waals surface area contributed by atoms with Crippen molar-refractivity contribution in [1.82, 2.24) is 9.80 Å². The molecular formula is C48H72F2N2O. The monoisotopic (exact) mass is 731 g/mol. The zero-order chi connectivity index (χ0) is 37.6. The van der Waals surface area contributed by atoms with Crippen molar-refractivity contribution in [3.63, 3.8) is 0 Å². The first-order valence-electron chi connectivity index (χ1n) is 21.4. The smallest absolute Gasteiger partial charge is 0.123 e. The van der Waals surface area contributed by atoms with Crippen molar-refractivity contribution in [2.75, 3.05) is 39.3 Å². The molecule has 0 unspecified atom stereocenters. The van der Waals surface area contributed by atoms with Gasteiger partial charge in [-0.2, -0.15) is 0 Å². The Morgan fingerprint density at radius 1 is 0.528 bits per heavy atom. The summed E-state index contributed by atoms with van der Waals surface area (Å²) in [6.45, 7) is 7.30. The molecule has 294 valence electrons. The van der Waals surface area contributed by atoms with Crippen LogP contribution in [0.2, 0.25) is 0 Å². The molecule has 0 bridgehead atoms. The molecule has 3 nitrogen and oxygen atoms in total. The largest absolute Gasteiger partial charge is 0.396 e. The quantitative estimate of drug-likeness (QED) is 0.0833. The molecule has 5 heteroatoms. The van der Waals surface area contributed by atoms with Gasteiger partial charge in [0.1, 0.15) is 11.6 Å². The fourth-order valence-corrected chi connectivity index (χ4v) is 7.38. The van der Waals surface area contributed by atoms with Gasteiger partial charge >= 0.3 is 0 Å². The van der Waals surface area contributed by atoms with E-state index in [4.69, 9.17) is 5.11 Å². The molecule has 0 radical (unpaired) electrons. The third-order valence-electron chi connectivity index (χ3n) is 10.6. The lowest BCUT2D eigenvalue weighted by Crippen LogP contribution is -2.47. The van der Waals surface area contributed by atoms with Gasteiger partial charge in [-0.15, -0.1) is 0 Å². The van der Waals surface area contributed by atoms with Gasteiger partial charge in [-0.25, -0.2) is 8.78 Å². The average Bonchev–Trinajstić information content (AvgIpc) is 3.18. The number of benzene rings is 3. The lowest BCUT2D eigenvalue weighted by molar-refractivity contribution is 0.118. The van der Waals surface area contributed by atoms with E-state index in [9.17, 15) is 8.78 Å². The maximum atomic E-state index is 13.5. The molecule has 3 aromatic carbocycles. The van der Waals surface area contributed by atoms with Crippen LogP contribution in [0, 0.1) is 11.6 Å². The molecule has 0 aliphatic carbocycles. The maximum absolute atomic E-state index is 13.5. The Hall–Kier alpha value is -2.86. The van der Waals surface area contributed by atoms with E-state index in [0.717, 1.165) is 50.3 Å². The first kappa shape index (κ1) is 44.5. The van der Waals surface area contributed by atoms with Crippen molar-refractivity contribution < 1.29 is 13.9 Å². The summed E-state index contributed by atoms with van der Waals surface area (Å²) < 4.78 is 26.9. The van der Waals surface area contributed by atoms with Gasteiger partial charge in [0.2, 0.25) is 0 Å². The third kappa shape index (κ3) is 20.4. The fourth-order valence-electron chi connectivity index (χ4n) is 7.38. The lowest BCUT2D eigenvalue weighted by atomic mass is 9.96. The number of halogens is 2. The molecule has 53 heavy (non-hydrogen) atoms. The SMILES string of the molecule is CCCCCCCCCCCCCCCCCCCCCCO.Fc1ccc(C(c2ccc(F)cc2)N2CCN(C/C=C/c3ccccc3)CC2)cc1. The van der Waals surface area contributed by atoms with Crippen LogP contribution in [0.4, 0.5) is 8.78 Å². The highest BCUT2D eigenvalue weighted by atomic mass is 19.1. The van der Waals surface area contributed by atoms with Crippen molar-refractivity contribution in [3.05, 3.63) is 113 Å². The van der Waals surface area contributed by atoms with Gasteiger partial charge in [0, 0.05) is 39.3 Å². The second-order valence-corrected chi connectivity index (χ2v) is 15.1. The first-order valence-corrected chi connectivity index (χ1v) is 21.4. The molecule has 0 spiro atoms. The van der Waals surface area contributed by atoms with Crippen LogP contribution in [0.5, 0.6) is 0 Å². The van der Waals surface area contributed by atoms with E-state index in [1.807, 2.05) is 42.5 Å². The number of unbranched alkanes of at least 4 members (excludes halogenated alkanes) is 19. The highest BCUT2D eigenvalue weighted by molar-refractivity contribution is 5.48. The molecule has 0 saturated carbocycles. The molecule has 3 aromatic rings. The Balaban J connectivity index is 0.000000298. The van der Waals surface area contributed by atoms with Crippen molar-refractivity contribution in [1.29, 1.82) is 0 Å². The Morgan fingerprint density at radius 2 is 0.925 bits per heavy atom. The van der Waals surface area contributed by atoms with E-state index in [0.29, 0.717) is 6.61 Å². The Kier molecular flexibility index (Phi) is 24.8. The molecule has 1 fully saturated rings. The highest BCUT2D eigenvalue weighted by Gasteiger charge is 2.26. The zero-order valence-electron chi connectivity index (χ0n) is 33.2. The summed E-state index contributed by atoms with van der Waals surface area (Å²) in [6, 6.07) is 23.6. The molecule has 1 N–H and O–H groups in total. The van der Waals surface area contributed by atoms with Gasteiger partial charge in [-0.1, -0.05) is 196 Å². The minimum Gasteiger partial charge on any atom is -0.396 e. The summed E-state index contributed by atoms with van der Waals surface area (Å²) in [6.07, 6.45) is 32.5. The van der Waals surface area contributed by atoms with E-state index in [2.05, 4.69) is 41.0 Å². The van der Waals surface area contributed by atoms with Crippen LogP contribution < -0.4 is 0 Å². The minimum atomic E-state index is -0.244. The number of hydrogen-bond acceptors (Lipinski definition) is 3. The highest BCUT2D eigenvalue weighted by Crippen LogP contribution is 2.30. The van der Waals surface area contributed by atoms with E-state index in [1.54, 1.807) is 0 Å². The molecule has 4 rings (SSSR count). The normalized spacial score (nSPS) is 13.8. The van der Waals surface area contributed by atoms with Crippen LogP contribution in [0.25, 0.3) is 6.08 Å². The lowest BCUT2D eigenvalue weighted by Gasteiger charge is -2.39. The predicted molar refractivity (Wildman–Crippen MR) is 223 cm³/mol. The maximum Gasteiger partial charge on any atom is 0.123 e. The van der Waals surface area contributed by atoms with E-state index in [-0.39, 0.29) is 17.7 Å². The molecule has 1 heterocycles. The second-order valence-electron chi connectivity index (χ2n) is 15.1. The van der Waals surface area contributed by atoms with Crippen molar-refractivity contribution in [2.24, 2.45) is 0 Å². The van der Waals surface area contributed by atoms with Crippen LogP contribution in [0.3, 0.4) is 0 Å². The molecular weight excluding hydrogens is 659 g/mol. The molecule has 1 aliphatic heterocycles. The molecule has 1 aliphatic rings. The van der Waals surface area contributed by atoms with Crippen LogP contribution in [0.1, 0.15) is 158 Å². The Labute approximate surface area is 322 Å². The van der Waals surface area contributed by atoms with Crippen molar-refractivity contribution in [2.45, 2.75) is 141 Å². The van der Waals surface area contributed by atoms with Crippen LogP contribution in [-0.4, -0.2) is 54.2 Å². The summed E-state index contributed by atoms with van der Waals surface area (Å²) in [7, 11) is 0. The van der Waals surface area contributed by atoms with Crippen LogP contribution in [0.15, 0.2) is 84.9 Å². The van der Waals surface area contributed by atoms with E-state index in [1.165, 1.54) is 152 Å². The number of aliphatic hydroxyl groups excluding tert-OH is 1. The number of piperazine rings is 1. The van der Waals surface area contributed by atoms with E-state index >= 15 is 0 Å². The Morgan fingerprint density at radius 3 is 1.32 bits per heavy atom. The molecule has 1 saturated heterocycles. The summed E-state index contributed by atoms with van der Waals surface area (Å²) >= 11 is 0. The van der Waals surface area contributed by atoms with Crippen molar-refractivity contribution >= 4 is 6.08 Å². The first-order chi connectivity index (χ1) is 26.1. The van der Waals surface area contributed by atoms with Gasteiger partial charge in [-0.05, 0) is 47.4 Å². The van der Waals surface area contributed by atoms with Crippen LogP contribution in [-0.2, 0) is 0 Å². The fraction of sp³-hybridized carbons (Fsp3) is 0.583. The third-order valence-corrected chi connectivity index (χ3v) is 10.6.